The Morgan fingerprint density at radius 2 is 1.77 bits per heavy atom. The second-order valence-corrected chi connectivity index (χ2v) is 7.80. The Morgan fingerprint density at radius 3 is 2.41 bits per heavy atom. The normalized spacial score (nSPS) is 63.5. The van der Waals surface area contributed by atoms with Gasteiger partial charge in [0.2, 0.25) is 5.60 Å². The summed E-state index contributed by atoms with van der Waals surface area (Å²) in [6.45, 7) is 5.51. The average Bonchev–Trinajstić information content (AvgIpc) is 3.10. The molecule has 9 atom stereocenters. The molecule has 3 saturated heterocycles. The molecule has 2 N–H and O–H groups in total. The van der Waals surface area contributed by atoms with Crippen LogP contribution in [0.3, 0.4) is 0 Å². The lowest BCUT2D eigenvalue weighted by Crippen LogP contribution is -2.70. The molecule has 0 amide bonds. The average molecular weight is 310 g/mol. The monoisotopic (exact) mass is 310 g/mol. The number of fused-ring (bicyclic) bond motifs is 7. The number of hydrogen-bond donors (Lipinski definition) is 2. The molecule has 0 aromatic rings. The number of epoxide rings is 1. The van der Waals surface area contributed by atoms with E-state index in [-0.39, 0.29) is 11.8 Å². The summed E-state index contributed by atoms with van der Waals surface area (Å²) in [5.41, 5.74) is -4.86. The van der Waals surface area contributed by atoms with Crippen LogP contribution in [0.25, 0.3) is 0 Å². The second-order valence-electron chi connectivity index (χ2n) is 7.80. The third-order valence-electron chi connectivity index (χ3n) is 6.89. The lowest BCUT2D eigenvalue weighted by molar-refractivity contribution is -0.235. The van der Waals surface area contributed by atoms with Gasteiger partial charge >= 0.3 is 11.9 Å². The lowest BCUT2D eigenvalue weighted by Gasteiger charge is -2.52. The number of ether oxygens (including phenoxy) is 3. The molecule has 22 heavy (non-hydrogen) atoms. The fourth-order valence-corrected chi connectivity index (χ4v) is 5.79. The molecule has 0 radical (unpaired) electrons. The van der Waals surface area contributed by atoms with E-state index in [0.29, 0.717) is 0 Å². The van der Waals surface area contributed by atoms with E-state index < -0.39 is 58.9 Å². The molecule has 0 unspecified atom stereocenters. The van der Waals surface area contributed by atoms with Crippen LogP contribution in [0, 0.1) is 23.2 Å². The summed E-state index contributed by atoms with van der Waals surface area (Å²) in [6.07, 6.45) is -3.00. The van der Waals surface area contributed by atoms with E-state index in [0.717, 1.165) is 0 Å². The first kappa shape index (κ1) is 13.3. The van der Waals surface area contributed by atoms with Gasteiger partial charge in [-0.2, -0.15) is 0 Å². The van der Waals surface area contributed by atoms with Gasteiger partial charge in [-0.25, -0.2) is 4.79 Å². The topological polar surface area (TPSA) is 106 Å². The van der Waals surface area contributed by atoms with Gasteiger partial charge in [0, 0.05) is 5.92 Å². The van der Waals surface area contributed by atoms with Crippen LogP contribution in [-0.2, 0) is 23.8 Å². The number of carbonyl (C=O) groups excluding carboxylic acids is 2. The van der Waals surface area contributed by atoms with E-state index in [9.17, 15) is 19.8 Å². The van der Waals surface area contributed by atoms with Crippen LogP contribution in [0.2, 0.25) is 0 Å². The molecule has 2 bridgehead atoms. The molecule has 0 spiro atoms. The van der Waals surface area contributed by atoms with E-state index in [1.54, 1.807) is 6.92 Å². The van der Waals surface area contributed by atoms with Gasteiger partial charge in [0.15, 0.2) is 6.10 Å². The first-order valence-corrected chi connectivity index (χ1v) is 7.72. The Kier molecular flexibility index (Phi) is 1.93. The fourth-order valence-electron chi connectivity index (χ4n) is 5.79. The third-order valence-corrected chi connectivity index (χ3v) is 6.89. The minimum Gasteiger partial charge on any atom is -0.458 e. The minimum absolute atomic E-state index is 0.0558. The third kappa shape index (κ3) is 0.915. The number of esters is 2. The summed E-state index contributed by atoms with van der Waals surface area (Å²) >= 11 is 0. The zero-order valence-corrected chi connectivity index (χ0v) is 12.5. The van der Waals surface area contributed by atoms with E-state index in [1.807, 2.05) is 13.8 Å². The largest absolute Gasteiger partial charge is 0.458 e. The molecular weight excluding hydrogens is 292 g/mol. The van der Waals surface area contributed by atoms with Crippen LogP contribution in [0.15, 0.2) is 0 Å². The maximum atomic E-state index is 12.4. The summed E-state index contributed by atoms with van der Waals surface area (Å²) in [5.74, 6) is -2.29. The highest BCUT2D eigenvalue weighted by Crippen LogP contribution is 2.74. The van der Waals surface area contributed by atoms with Crippen LogP contribution in [-0.4, -0.2) is 57.8 Å². The van der Waals surface area contributed by atoms with E-state index in [2.05, 4.69) is 0 Å². The molecule has 3 heterocycles. The van der Waals surface area contributed by atoms with Crippen molar-refractivity contribution in [3.63, 3.8) is 0 Å². The molecule has 2 saturated carbocycles. The standard InChI is InChI=1S/C15H18O7/c1-4(2)5-6-11(16)20-7(5)8-13(3)14(6,18)9-10(21-9)15(13,19)12(17)22-8/h4-10,18-19H,1-3H3/t5-,6+,7+,8+,9+,10-,13+,14-,15-/m1/s1. The highest BCUT2D eigenvalue weighted by molar-refractivity contribution is 5.90. The highest BCUT2D eigenvalue weighted by Gasteiger charge is 2.96. The molecule has 0 aromatic carbocycles. The van der Waals surface area contributed by atoms with Crippen LogP contribution in [0.4, 0.5) is 0 Å². The van der Waals surface area contributed by atoms with E-state index >= 15 is 0 Å². The van der Waals surface area contributed by atoms with Crippen molar-refractivity contribution in [1.82, 2.24) is 0 Å². The van der Waals surface area contributed by atoms with Crippen molar-refractivity contribution >= 4 is 11.9 Å². The molecule has 120 valence electrons. The first-order chi connectivity index (χ1) is 10.2. The Hall–Kier alpha value is -1.18. The van der Waals surface area contributed by atoms with Gasteiger partial charge in [0.25, 0.3) is 0 Å². The van der Waals surface area contributed by atoms with Gasteiger partial charge in [-0.1, -0.05) is 13.8 Å². The SMILES string of the molecule is CC(C)[C@H]1[C@@H]2OC(=O)[C@H]1[C@@]1(O)[C@H]3O[C@H]3[C@@]3(O)C(=O)O[C@@H]2[C@@]13C. The van der Waals surface area contributed by atoms with Crippen LogP contribution < -0.4 is 0 Å². The zero-order valence-electron chi connectivity index (χ0n) is 12.5. The van der Waals surface area contributed by atoms with Crippen molar-refractivity contribution < 1.29 is 34.0 Å². The first-order valence-electron chi connectivity index (χ1n) is 7.72. The van der Waals surface area contributed by atoms with Gasteiger partial charge in [-0.15, -0.1) is 0 Å². The predicted octanol–water partition coefficient (Wildman–Crippen LogP) is -1.01. The maximum Gasteiger partial charge on any atom is 0.342 e. The summed E-state index contributed by atoms with van der Waals surface area (Å²) < 4.78 is 16.3. The molecule has 3 aliphatic heterocycles. The summed E-state index contributed by atoms with van der Waals surface area (Å²) in [5, 5.41) is 22.5. The van der Waals surface area contributed by atoms with Gasteiger partial charge in [0.05, 0.1) is 11.3 Å². The number of hydrogen-bond acceptors (Lipinski definition) is 7. The van der Waals surface area contributed by atoms with Gasteiger partial charge in [0.1, 0.15) is 23.9 Å². The van der Waals surface area contributed by atoms with Gasteiger partial charge in [-0.3, -0.25) is 4.79 Å². The molecular formula is C15H18O7. The van der Waals surface area contributed by atoms with Gasteiger partial charge in [-0.05, 0) is 12.8 Å². The van der Waals surface area contributed by atoms with E-state index in [1.165, 1.54) is 0 Å². The highest BCUT2D eigenvalue weighted by atomic mass is 16.7. The summed E-state index contributed by atoms with van der Waals surface area (Å²) in [4.78, 5) is 24.8. The Bertz CT molecular complexity index is 631. The van der Waals surface area contributed by atoms with E-state index in [4.69, 9.17) is 14.2 Å². The molecule has 0 aromatic heterocycles. The zero-order chi connectivity index (χ0) is 15.8. The van der Waals surface area contributed by atoms with Crippen LogP contribution >= 0.6 is 0 Å². The summed E-state index contributed by atoms with van der Waals surface area (Å²) in [7, 11) is 0. The molecule has 2 aliphatic carbocycles. The molecule has 7 heteroatoms. The lowest BCUT2D eigenvalue weighted by atomic mass is 9.52. The molecule has 5 fully saturated rings. The van der Waals surface area contributed by atoms with Crippen LogP contribution in [0.1, 0.15) is 20.8 Å². The Morgan fingerprint density at radius 1 is 1.09 bits per heavy atom. The number of aliphatic hydroxyl groups is 2. The maximum absolute atomic E-state index is 12.4. The second kappa shape index (κ2) is 3.20. The van der Waals surface area contributed by atoms with Gasteiger partial charge < -0.3 is 24.4 Å². The van der Waals surface area contributed by atoms with Crippen molar-refractivity contribution in [1.29, 1.82) is 0 Å². The fraction of sp³-hybridized carbons (Fsp3) is 0.867. The molecule has 5 rings (SSSR count). The van der Waals surface area contributed by atoms with Crippen LogP contribution in [0.5, 0.6) is 0 Å². The van der Waals surface area contributed by atoms with Crippen molar-refractivity contribution in [3.05, 3.63) is 0 Å². The predicted molar refractivity (Wildman–Crippen MR) is 68.2 cm³/mol. The quantitative estimate of drug-likeness (QED) is 0.472. The number of carbonyl (C=O) groups is 2. The van der Waals surface area contributed by atoms with Crippen molar-refractivity contribution in [3.8, 4) is 0 Å². The Balaban J connectivity index is 1.80. The Labute approximate surface area is 126 Å². The smallest absolute Gasteiger partial charge is 0.342 e. The molecule has 7 nitrogen and oxygen atoms in total. The minimum atomic E-state index is -1.91. The van der Waals surface area contributed by atoms with Crippen molar-refractivity contribution in [2.75, 3.05) is 0 Å². The van der Waals surface area contributed by atoms with Crippen molar-refractivity contribution in [2.45, 2.75) is 56.4 Å². The number of rotatable bonds is 1. The van der Waals surface area contributed by atoms with Crippen molar-refractivity contribution in [2.24, 2.45) is 23.2 Å². The summed E-state index contributed by atoms with van der Waals surface area (Å²) in [6, 6.07) is 0. The molecule has 5 aliphatic rings.